The van der Waals surface area contributed by atoms with E-state index in [4.69, 9.17) is 9.47 Å². The maximum atomic E-state index is 12.4. The van der Waals surface area contributed by atoms with Crippen molar-refractivity contribution in [3.05, 3.63) is 28.5 Å². The molecule has 3 rings (SSSR count). The molecule has 2 aliphatic rings. The Balaban J connectivity index is 1.77. The molecule has 2 fully saturated rings. The topological polar surface area (TPSA) is 51.7 Å². The maximum absolute atomic E-state index is 12.4. The Labute approximate surface area is 113 Å². The number of nitrogens with zero attached hydrogens (tertiary/aromatic N) is 2. The normalized spacial score (nSPS) is 21.7. The van der Waals surface area contributed by atoms with E-state index in [9.17, 15) is 4.79 Å². The third-order valence-corrected chi connectivity index (χ3v) is 3.93. The van der Waals surface area contributed by atoms with Gasteiger partial charge in [-0.05, 0) is 22.0 Å². The highest BCUT2D eigenvalue weighted by atomic mass is 79.9. The van der Waals surface area contributed by atoms with Crippen LogP contribution < -0.4 is 0 Å². The fraction of sp³-hybridized carbons (Fsp3) is 0.500. The van der Waals surface area contributed by atoms with E-state index >= 15 is 0 Å². The van der Waals surface area contributed by atoms with E-state index in [0.717, 1.165) is 6.42 Å². The summed E-state index contributed by atoms with van der Waals surface area (Å²) in [6, 6.07) is 1.72. The average molecular weight is 313 g/mol. The van der Waals surface area contributed by atoms with Gasteiger partial charge in [0, 0.05) is 29.8 Å². The van der Waals surface area contributed by atoms with Crippen LogP contribution in [0.15, 0.2) is 22.9 Å². The van der Waals surface area contributed by atoms with Gasteiger partial charge in [-0.2, -0.15) is 0 Å². The first-order chi connectivity index (χ1) is 8.70. The number of pyridine rings is 1. The number of aromatic nitrogens is 1. The van der Waals surface area contributed by atoms with Gasteiger partial charge >= 0.3 is 0 Å². The fourth-order valence-electron chi connectivity index (χ4n) is 2.38. The van der Waals surface area contributed by atoms with Crippen molar-refractivity contribution in [2.45, 2.75) is 12.2 Å². The van der Waals surface area contributed by atoms with Gasteiger partial charge in [0.15, 0.2) is 5.79 Å². The highest BCUT2D eigenvalue weighted by Crippen LogP contribution is 2.31. The lowest BCUT2D eigenvalue weighted by Crippen LogP contribution is -2.37. The minimum Gasteiger partial charge on any atom is -0.346 e. The molecule has 0 atom stereocenters. The first-order valence-electron chi connectivity index (χ1n) is 5.87. The molecule has 1 aromatic heterocycles. The Morgan fingerprint density at radius 1 is 1.44 bits per heavy atom. The minimum absolute atomic E-state index is 0.0137. The number of likely N-dealkylation sites (tertiary alicyclic amines) is 1. The standard InChI is InChI=1S/C12H13BrN2O3/c13-10-7-14-3-1-9(10)11(16)15-4-2-12(8-15)17-5-6-18-12/h1,3,7H,2,4-6,8H2. The molecular weight excluding hydrogens is 300 g/mol. The van der Waals surface area contributed by atoms with Gasteiger partial charge in [0.1, 0.15) is 0 Å². The van der Waals surface area contributed by atoms with Crippen LogP contribution in [0.1, 0.15) is 16.8 Å². The summed E-state index contributed by atoms with van der Waals surface area (Å²) in [4.78, 5) is 18.1. The average Bonchev–Trinajstić information content (AvgIpc) is 3.00. The summed E-state index contributed by atoms with van der Waals surface area (Å²) < 4.78 is 11.9. The highest BCUT2D eigenvalue weighted by Gasteiger charge is 2.45. The van der Waals surface area contributed by atoms with Gasteiger partial charge in [-0.25, -0.2) is 0 Å². The van der Waals surface area contributed by atoms with E-state index in [0.29, 0.717) is 36.3 Å². The predicted molar refractivity (Wildman–Crippen MR) is 67.1 cm³/mol. The van der Waals surface area contributed by atoms with Crippen molar-refractivity contribution in [3.8, 4) is 0 Å². The van der Waals surface area contributed by atoms with Crippen molar-refractivity contribution in [1.82, 2.24) is 9.88 Å². The third-order valence-electron chi connectivity index (χ3n) is 3.30. The molecule has 0 aliphatic carbocycles. The second-order valence-corrected chi connectivity index (χ2v) is 5.29. The molecule has 0 saturated carbocycles. The van der Waals surface area contributed by atoms with Crippen LogP contribution in [0.3, 0.4) is 0 Å². The number of hydrogen-bond acceptors (Lipinski definition) is 4. The molecule has 6 heteroatoms. The monoisotopic (exact) mass is 312 g/mol. The number of amides is 1. The first-order valence-corrected chi connectivity index (χ1v) is 6.66. The Morgan fingerprint density at radius 2 is 2.22 bits per heavy atom. The molecule has 2 saturated heterocycles. The van der Waals surface area contributed by atoms with Gasteiger partial charge in [0.05, 0.1) is 25.3 Å². The summed E-state index contributed by atoms with van der Waals surface area (Å²) in [5, 5.41) is 0. The Morgan fingerprint density at radius 3 is 2.94 bits per heavy atom. The fourth-order valence-corrected chi connectivity index (χ4v) is 2.80. The van der Waals surface area contributed by atoms with Gasteiger partial charge in [0.25, 0.3) is 5.91 Å². The number of ether oxygens (including phenoxy) is 2. The van der Waals surface area contributed by atoms with Crippen LogP contribution in [0, 0.1) is 0 Å². The highest BCUT2D eigenvalue weighted by molar-refractivity contribution is 9.10. The van der Waals surface area contributed by atoms with Crippen LogP contribution in [-0.4, -0.2) is 47.9 Å². The predicted octanol–water partition coefficient (Wildman–Crippen LogP) is 1.43. The lowest BCUT2D eigenvalue weighted by molar-refractivity contribution is -0.143. The lowest BCUT2D eigenvalue weighted by atomic mass is 10.2. The summed E-state index contributed by atoms with van der Waals surface area (Å²) in [5.41, 5.74) is 0.625. The van der Waals surface area contributed by atoms with Crippen LogP contribution in [0.5, 0.6) is 0 Å². The molecule has 0 unspecified atom stereocenters. The molecule has 0 radical (unpaired) electrons. The van der Waals surface area contributed by atoms with Crippen LogP contribution in [0.25, 0.3) is 0 Å². The first kappa shape index (κ1) is 12.1. The van der Waals surface area contributed by atoms with Gasteiger partial charge in [-0.3, -0.25) is 9.78 Å². The van der Waals surface area contributed by atoms with Crippen LogP contribution in [0.2, 0.25) is 0 Å². The molecule has 0 aromatic carbocycles. The van der Waals surface area contributed by atoms with E-state index in [1.807, 2.05) is 0 Å². The van der Waals surface area contributed by atoms with E-state index < -0.39 is 5.79 Å². The molecule has 1 aromatic rings. The van der Waals surface area contributed by atoms with Gasteiger partial charge in [0.2, 0.25) is 0 Å². The van der Waals surface area contributed by atoms with Crippen molar-refractivity contribution in [3.63, 3.8) is 0 Å². The molecule has 2 aliphatic heterocycles. The van der Waals surface area contributed by atoms with Gasteiger partial charge in [-0.1, -0.05) is 0 Å². The van der Waals surface area contributed by atoms with Gasteiger partial charge in [-0.15, -0.1) is 0 Å². The van der Waals surface area contributed by atoms with Crippen molar-refractivity contribution in [2.24, 2.45) is 0 Å². The molecule has 18 heavy (non-hydrogen) atoms. The number of rotatable bonds is 1. The minimum atomic E-state index is -0.560. The van der Waals surface area contributed by atoms with Gasteiger partial charge < -0.3 is 14.4 Å². The summed E-state index contributed by atoms with van der Waals surface area (Å²) in [6.07, 6.45) is 3.98. The van der Waals surface area contributed by atoms with Crippen LogP contribution >= 0.6 is 15.9 Å². The zero-order chi connectivity index (χ0) is 12.6. The van der Waals surface area contributed by atoms with E-state index in [-0.39, 0.29) is 5.91 Å². The van der Waals surface area contributed by atoms with E-state index in [1.165, 1.54) is 0 Å². The van der Waals surface area contributed by atoms with Crippen molar-refractivity contribution < 1.29 is 14.3 Å². The summed E-state index contributed by atoms with van der Waals surface area (Å²) in [6.45, 7) is 2.39. The summed E-state index contributed by atoms with van der Waals surface area (Å²) in [7, 11) is 0. The van der Waals surface area contributed by atoms with Crippen LogP contribution in [0.4, 0.5) is 0 Å². The van der Waals surface area contributed by atoms with Crippen molar-refractivity contribution >= 4 is 21.8 Å². The Hall–Kier alpha value is -0.980. The number of halogens is 1. The Kier molecular flexibility index (Phi) is 3.09. The SMILES string of the molecule is O=C(c1ccncc1Br)N1CCC2(C1)OCCO2. The van der Waals surface area contributed by atoms with Crippen LogP contribution in [-0.2, 0) is 9.47 Å². The molecule has 0 bridgehead atoms. The van der Waals surface area contributed by atoms with Crippen molar-refractivity contribution in [1.29, 1.82) is 0 Å². The largest absolute Gasteiger partial charge is 0.346 e. The maximum Gasteiger partial charge on any atom is 0.255 e. The lowest BCUT2D eigenvalue weighted by Gasteiger charge is -2.22. The zero-order valence-electron chi connectivity index (χ0n) is 9.76. The smallest absolute Gasteiger partial charge is 0.255 e. The molecular formula is C12H13BrN2O3. The second kappa shape index (κ2) is 4.60. The summed E-state index contributed by atoms with van der Waals surface area (Å²) >= 11 is 3.35. The Bertz CT molecular complexity index is 474. The quantitative estimate of drug-likeness (QED) is 0.787. The van der Waals surface area contributed by atoms with Crippen molar-refractivity contribution in [2.75, 3.05) is 26.3 Å². The summed E-state index contributed by atoms with van der Waals surface area (Å²) in [5.74, 6) is -0.574. The molecule has 5 nitrogen and oxygen atoms in total. The molecule has 3 heterocycles. The third kappa shape index (κ3) is 2.04. The second-order valence-electron chi connectivity index (χ2n) is 4.44. The molecule has 1 spiro atoms. The zero-order valence-corrected chi connectivity index (χ0v) is 11.4. The molecule has 1 amide bonds. The number of carbonyl (C=O) groups excluding carboxylic acids is 1. The number of carbonyl (C=O) groups is 1. The van der Waals surface area contributed by atoms with E-state index in [1.54, 1.807) is 23.4 Å². The molecule has 0 N–H and O–H groups in total. The molecule has 96 valence electrons. The number of hydrogen-bond donors (Lipinski definition) is 0. The van der Waals surface area contributed by atoms with E-state index in [2.05, 4.69) is 20.9 Å².